The van der Waals surface area contributed by atoms with E-state index in [1.54, 1.807) is 18.4 Å². The van der Waals surface area contributed by atoms with Gasteiger partial charge in [0.05, 0.1) is 16.3 Å². The molecule has 18 heavy (non-hydrogen) atoms. The maximum Gasteiger partial charge on any atom is 0.0945 e. The number of hydrogen-bond acceptors (Lipinski definition) is 4. The van der Waals surface area contributed by atoms with Gasteiger partial charge in [0, 0.05) is 30.4 Å². The van der Waals surface area contributed by atoms with Crippen LogP contribution in [-0.2, 0) is 16.6 Å². The van der Waals surface area contributed by atoms with E-state index in [0.29, 0.717) is 0 Å². The first-order valence-electron chi connectivity index (χ1n) is 6.48. The number of nitrogens with two attached hydrogens (primary N) is 1. The lowest BCUT2D eigenvalue weighted by atomic mass is 9.91. The summed E-state index contributed by atoms with van der Waals surface area (Å²) in [5.41, 5.74) is 7.24. The molecule has 0 aliphatic heterocycles. The van der Waals surface area contributed by atoms with E-state index in [9.17, 15) is 0 Å². The second-order valence-corrected chi connectivity index (χ2v) is 7.00. The summed E-state index contributed by atoms with van der Waals surface area (Å²) in [5.74, 6) is 0. The highest BCUT2D eigenvalue weighted by Gasteiger charge is 2.30. The van der Waals surface area contributed by atoms with Gasteiger partial charge in [-0.2, -0.15) is 0 Å². The number of ether oxygens (including phenoxy) is 1. The molecule has 3 nitrogen and oxygen atoms in total. The lowest BCUT2D eigenvalue weighted by molar-refractivity contribution is -0.0184. The molecule has 4 heteroatoms. The summed E-state index contributed by atoms with van der Waals surface area (Å²) in [6, 6.07) is -0.0218. The van der Waals surface area contributed by atoms with Gasteiger partial charge in [0.2, 0.25) is 0 Å². The SMILES string of the molecule is CCC(C)(OC)C(N)Cc1nc(C(C)(C)C)cs1. The molecule has 0 radical (unpaired) electrons. The normalized spacial score (nSPS) is 17.5. The van der Waals surface area contributed by atoms with Gasteiger partial charge in [-0.05, 0) is 13.3 Å². The fraction of sp³-hybridized carbons (Fsp3) is 0.786. The Hall–Kier alpha value is -0.450. The molecule has 0 bridgehead atoms. The predicted octanol–water partition coefficient (Wildman–Crippen LogP) is 3.13. The maximum absolute atomic E-state index is 6.27. The Kier molecular flexibility index (Phi) is 4.92. The van der Waals surface area contributed by atoms with Crippen LogP contribution in [-0.4, -0.2) is 23.7 Å². The van der Waals surface area contributed by atoms with Crippen LogP contribution in [0.1, 0.15) is 51.7 Å². The molecule has 0 saturated heterocycles. The van der Waals surface area contributed by atoms with Gasteiger partial charge >= 0.3 is 0 Å². The Morgan fingerprint density at radius 3 is 2.39 bits per heavy atom. The van der Waals surface area contributed by atoms with Gasteiger partial charge in [-0.1, -0.05) is 27.7 Å². The minimum absolute atomic E-state index is 0.0218. The molecule has 2 atom stereocenters. The van der Waals surface area contributed by atoms with Crippen molar-refractivity contribution in [1.82, 2.24) is 4.98 Å². The molecule has 104 valence electrons. The smallest absolute Gasteiger partial charge is 0.0945 e. The molecular formula is C14H26N2OS. The van der Waals surface area contributed by atoms with E-state index < -0.39 is 0 Å². The van der Waals surface area contributed by atoms with Crippen molar-refractivity contribution < 1.29 is 4.74 Å². The Labute approximate surface area is 115 Å². The predicted molar refractivity (Wildman–Crippen MR) is 78.2 cm³/mol. The zero-order valence-electron chi connectivity index (χ0n) is 12.4. The summed E-state index contributed by atoms with van der Waals surface area (Å²) in [6.07, 6.45) is 1.68. The molecule has 1 heterocycles. The number of aromatic nitrogens is 1. The van der Waals surface area contributed by atoms with Crippen LogP contribution in [0.2, 0.25) is 0 Å². The van der Waals surface area contributed by atoms with E-state index in [-0.39, 0.29) is 17.1 Å². The summed E-state index contributed by atoms with van der Waals surface area (Å²) in [6.45, 7) is 10.7. The molecule has 2 N–H and O–H groups in total. The number of nitrogens with zero attached hydrogens (tertiary/aromatic N) is 1. The summed E-state index contributed by atoms with van der Waals surface area (Å²) >= 11 is 1.70. The first-order valence-corrected chi connectivity index (χ1v) is 7.36. The van der Waals surface area contributed by atoms with Crippen molar-refractivity contribution in [2.75, 3.05) is 7.11 Å². The monoisotopic (exact) mass is 270 g/mol. The molecule has 0 aliphatic rings. The Morgan fingerprint density at radius 2 is 2.00 bits per heavy atom. The Bertz CT molecular complexity index is 377. The van der Waals surface area contributed by atoms with Crippen molar-refractivity contribution in [3.8, 4) is 0 Å². The molecule has 1 rings (SSSR count). The van der Waals surface area contributed by atoms with E-state index in [1.165, 1.54) is 0 Å². The second-order valence-electron chi connectivity index (χ2n) is 6.06. The molecule has 0 aromatic carbocycles. The molecule has 1 aromatic heterocycles. The molecule has 1 aromatic rings. The average molecular weight is 270 g/mol. The van der Waals surface area contributed by atoms with Crippen LogP contribution in [0.5, 0.6) is 0 Å². The number of methoxy groups -OCH3 is 1. The third-order valence-electron chi connectivity index (χ3n) is 3.67. The third-order valence-corrected chi connectivity index (χ3v) is 4.54. The number of hydrogen-bond donors (Lipinski definition) is 1. The lowest BCUT2D eigenvalue weighted by Gasteiger charge is -2.32. The highest BCUT2D eigenvalue weighted by molar-refractivity contribution is 7.09. The van der Waals surface area contributed by atoms with Gasteiger partial charge < -0.3 is 10.5 Å². The van der Waals surface area contributed by atoms with E-state index in [1.807, 2.05) is 0 Å². The van der Waals surface area contributed by atoms with E-state index >= 15 is 0 Å². The standard InChI is InChI=1S/C14H26N2OS/c1-7-14(5,17-6)10(15)8-12-16-11(9-18-12)13(2,3)4/h9-10H,7-8,15H2,1-6H3. The fourth-order valence-corrected chi connectivity index (χ4v) is 2.79. The third kappa shape index (κ3) is 3.53. The van der Waals surface area contributed by atoms with Crippen LogP contribution >= 0.6 is 11.3 Å². The van der Waals surface area contributed by atoms with Gasteiger partial charge in [0.25, 0.3) is 0 Å². The van der Waals surface area contributed by atoms with Gasteiger partial charge in [-0.3, -0.25) is 0 Å². The van der Waals surface area contributed by atoms with Crippen molar-refractivity contribution in [2.24, 2.45) is 5.73 Å². The molecule has 0 amide bonds. The Morgan fingerprint density at radius 1 is 1.39 bits per heavy atom. The van der Waals surface area contributed by atoms with Crippen LogP contribution in [0.15, 0.2) is 5.38 Å². The topological polar surface area (TPSA) is 48.1 Å². The first-order chi connectivity index (χ1) is 8.23. The zero-order valence-corrected chi connectivity index (χ0v) is 13.2. The van der Waals surface area contributed by atoms with Crippen molar-refractivity contribution in [2.45, 2.75) is 64.5 Å². The largest absolute Gasteiger partial charge is 0.377 e. The number of rotatable bonds is 5. The highest BCUT2D eigenvalue weighted by Crippen LogP contribution is 2.26. The lowest BCUT2D eigenvalue weighted by Crippen LogP contribution is -2.48. The van der Waals surface area contributed by atoms with E-state index in [2.05, 4.69) is 45.0 Å². The summed E-state index contributed by atoms with van der Waals surface area (Å²) in [4.78, 5) is 4.69. The van der Waals surface area contributed by atoms with Gasteiger partial charge in [-0.15, -0.1) is 11.3 Å². The van der Waals surface area contributed by atoms with Gasteiger partial charge in [-0.25, -0.2) is 4.98 Å². The molecular weight excluding hydrogens is 244 g/mol. The second kappa shape index (κ2) is 5.68. The first kappa shape index (κ1) is 15.6. The van der Waals surface area contributed by atoms with Crippen LogP contribution in [0.4, 0.5) is 0 Å². The molecule has 0 aliphatic carbocycles. The maximum atomic E-state index is 6.27. The zero-order chi connectivity index (χ0) is 14.0. The van der Waals surface area contributed by atoms with Gasteiger partial charge in [0.15, 0.2) is 0 Å². The van der Waals surface area contributed by atoms with Crippen molar-refractivity contribution in [1.29, 1.82) is 0 Å². The van der Waals surface area contributed by atoms with Crippen LogP contribution < -0.4 is 5.73 Å². The summed E-state index contributed by atoms with van der Waals surface area (Å²) < 4.78 is 5.55. The minimum atomic E-state index is -0.270. The van der Waals surface area contributed by atoms with Gasteiger partial charge in [0.1, 0.15) is 0 Å². The molecule has 0 spiro atoms. The van der Waals surface area contributed by atoms with Crippen molar-refractivity contribution >= 4 is 11.3 Å². The average Bonchev–Trinajstić information content (AvgIpc) is 2.76. The van der Waals surface area contributed by atoms with Crippen LogP contribution in [0.3, 0.4) is 0 Å². The molecule has 0 fully saturated rings. The van der Waals surface area contributed by atoms with Crippen LogP contribution in [0, 0.1) is 0 Å². The summed E-state index contributed by atoms with van der Waals surface area (Å²) in [7, 11) is 1.73. The van der Waals surface area contributed by atoms with E-state index in [4.69, 9.17) is 10.5 Å². The fourth-order valence-electron chi connectivity index (χ4n) is 1.71. The van der Waals surface area contributed by atoms with Crippen LogP contribution in [0.25, 0.3) is 0 Å². The molecule has 2 unspecified atom stereocenters. The quantitative estimate of drug-likeness (QED) is 0.894. The molecule has 0 saturated carbocycles. The van der Waals surface area contributed by atoms with E-state index in [0.717, 1.165) is 23.5 Å². The summed E-state index contributed by atoms with van der Waals surface area (Å²) in [5, 5.41) is 3.24. The van der Waals surface area contributed by atoms with Crippen molar-refractivity contribution in [3.63, 3.8) is 0 Å². The number of thiazole rings is 1. The Balaban J connectivity index is 2.77. The minimum Gasteiger partial charge on any atom is -0.377 e. The van der Waals surface area contributed by atoms with Crippen molar-refractivity contribution in [3.05, 3.63) is 16.1 Å². The highest BCUT2D eigenvalue weighted by atomic mass is 32.1.